The fourth-order valence-corrected chi connectivity index (χ4v) is 2.69. The van der Waals surface area contributed by atoms with Gasteiger partial charge in [0.2, 0.25) is 0 Å². The van der Waals surface area contributed by atoms with Gasteiger partial charge < -0.3 is 5.32 Å². The molecule has 0 atom stereocenters. The molecule has 3 aromatic rings. The number of carbonyl (C=O) groups excluding carboxylic acids is 1. The number of rotatable bonds is 6. The van der Waals surface area contributed by atoms with Crippen molar-refractivity contribution >= 4 is 23.2 Å². The molecule has 0 fully saturated rings. The normalized spacial score (nSPS) is 10.5. The number of nitrogens with zero attached hydrogens (tertiary/aromatic N) is 3. The zero-order chi connectivity index (χ0) is 18.5. The van der Waals surface area contributed by atoms with Crippen LogP contribution in [0.3, 0.4) is 0 Å². The minimum absolute atomic E-state index is 0.0384. The predicted molar refractivity (Wildman–Crippen MR) is 97.0 cm³/mol. The van der Waals surface area contributed by atoms with E-state index in [2.05, 4.69) is 10.4 Å². The van der Waals surface area contributed by atoms with E-state index in [9.17, 15) is 14.9 Å². The van der Waals surface area contributed by atoms with Crippen LogP contribution in [0.1, 0.15) is 21.5 Å². The summed E-state index contributed by atoms with van der Waals surface area (Å²) in [4.78, 5) is 22.4. The van der Waals surface area contributed by atoms with Gasteiger partial charge in [-0.25, -0.2) is 0 Å². The largest absolute Gasteiger partial charge is 0.348 e. The van der Waals surface area contributed by atoms with Crippen molar-refractivity contribution in [3.63, 3.8) is 0 Å². The number of hydrogen-bond acceptors (Lipinski definition) is 4. The summed E-state index contributed by atoms with van der Waals surface area (Å²) in [5.74, 6) is -0.402. The first-order chi connectivity index (χ1) is 12.5. The SMILES string of the molecule is O=C(NCc1cnn(Cc2ccccc2)c1)c1ccc([N+](=O)[O-])cc1Cl. The van der Waals surface area contributed by atoms with E-state index in [0.29, 0.717) is 6.54 Å². The first-order valence-corrected chi connectivity index (χ1v) is 8.18. The Kier molecular flexibility index (Phi) is 5.28. The smallest absolute Gasteiger partial charge is 0.270 e. The second kappa shape index (κ2) is 7.79. The number of nitrogens with one attached hydrogen (secondary N) is 1. The van der Waals surface area contributed by atoms with Gasteiger partial charge in [-0.15, -0.1) is 0 Å². The average molecular weight is 371 g/mol. The Balaban J connectivity index is 1.61. The summed E-state index contributed by atoms with van der Waals surface area (Å²) < 4.78 is 1.79. The minimum atomic E-state index is -0.561. The Morgan fingerprint density at radius 1 is 1.19 bits per heavy atom. The summed E-state index contributed by atoms with van der Waals surface area (Å²) in [5.41, 5.74) is 2.00. The number of nitro benzene ring substituents is 1. The van der Waals surface area contributed by atoms with Crippen LogP contribution in [0.2, 0.25) is 5.02 Å². The maximum Gasteiger partial charge on any atom is 0.270 e. The lowest BCUT2D eigenvalue weighted by Gasteiger charge is -2.05. The second-order valence-electron chi connectivity index (χ2n) is 5.64. The number of hydrogen-bond donors (Lipinski definition) is 1. The highest BCUT2D eigenvalue weighted by atomic mass is 35.5. The van der Waals surface area contributed by atoms with Gasteiger partial charge in [-0.05, 0) is 11.6 Å². The number of benzene rings is 2. The number of aromatic nitrogens is 2. The quantitative estimate of drug-likeness (QED) is 0.531. The highest BCUT2D eigenvalue weighted by Gasteiger charge is 2.15. The Bertz CT molecular complexity index is 941. The topological polar surface area (TPSA) is 90.1 Å². The molecular weight excluding hydrogens is 356 g/mol. The lowest BCUT2D eigenvalue weighted by Crippen LogP contribution is -2.23. The van der Waals surface area contributed by atoms with Gasteiger partial charge in [0.25, 0.3) is 11.6 Å². The van der Waals surface area contributed by atoms with E-state index in [1.54, 1.807) is 10.9 Å². The number of halogens is 1. The van der Waals surface area contributed by atoms with Crippen LogP contribution < -0.4 is 5.32 Å². The Labute approximate surface area is 154 Å². The number of non-ortho nitro benzene ring substituents is 1. The van der Waals surface area contributed by atoms with Crippen molar-refractivity contribution in [1.29, 1.82) is 0 Å². The minimum Gasteiger partial charge on any atom is -0.348 e. The molecule has 1 amide bonds. The maximum absolute atomic E-state index is 12.2. The van der Waals surface area contributed by atoms with Gasteiger partial charge in [0.05, 0.1) is 28.3 Å². The van der Waals surface area contributed by atoms with Gasteiger partial charge in [0.15, 0.2) is 0 Å². The molecule has 0 unspecified atom stereocenters. The van der Waals surface area contributed by atoms with E-state index in [4.69, 9.17) is 11.6 Å². The average Bonchev–Trinajstić information content (AvgIpc) is 3.07. The molecular formula is C18H15ClN4O3. The van der Waals surface area contributed by atoms with Crippen molar-refractivity contribution in [1.82, 2.24) is 15.1 Å². The molecule has 0 aliphatic heterocycles. The number of nitro groups is 1. The van der Waals surface area contributed by atoms with Gasteiger partial charge >= 0.3 is 0 Å². The van der Waals surface area contributed by atoms with Gasteiger partial charge in [-0.3, -0.25) is 19.6 Å². The highest BCUT2D eigenvalue weighted by molar-refractivity contribution is 6.34. The third-order valence-electron chi connectivity index (χ3n) is 3.74. The van der Waals surface area contributed by atoms with Crippen LogP contribution in [-0.2, 0) is 13.1 Å². The van der Waals surface area contributed by atoms with E-state index in [1.165, 1.54) is 12.1 Å². The predicted octanol–water partition coefficient (Wildman–Crippen LogP) is 3.42. The third kappa shape index (κ3) is 4.25. The molecule has 0 saturated heterocycles. The molecule has 0 spiro atoms. The molecule has 1 N–H and O–H groups in total. The van der Waals surface area contributed by atoms with Crippen molar-refractivity contribution in [2.75, 3.05) is 0 Å². The van der Waals surface area contributed by atoms with Gasteiger partial charge in [-0.2, -0.15) is 5.10 Å². The van der Waals surface area contributed by atoms with E-state index >= 15 is 0 Å². The van der Waals surface area contributed by atoms with Crippen molar-refractivity contribution in [2.45, 2.75) is 13.1 Å². The standard InChI is InChI=1S/C18H15ClN4O3/c19-17-8-15(23(25)26)6-7-16(17)18(24)20-9-14-10-21-22(12-14)11-13-4-2-1-3-5-13/h1-8,10,12H,9,11H2,(H,20,24). The summed E-state index contributed by atoms with van der Waals surface area (Å²) in [7, 11) is 0. The lowest BCUT2D eigenvalue weighted by atomic mass is 10.2. The van der Waals surface area contributed by atoms with Crippen LogP contribution in [0, 0.1) is 10.1 Å². The molecule has 1 aromatic heterocycles. The first-order valence-electron chi connectivity index (χ1n) is 7.80. The van der Waals surface area contributed by atoms with E-state index in [1.807, 2.05) is 36.5 Å². The van der Waals surface area contributed by atoms with Crippen molar-refractivity contribution in [3.8, 4) is 0 Å². The molecule has 0 aliphatic carbocycles. The summed E-state index contributed by atoms with van der Waals surface area (Å²) in [5, 5.41) is 17.8. The lowest BCUT2D eigenvalue weighted by molar-refractivity contribution is -0.384. The third-order valence-corrected chi connectivity index (χ3v) is 4.05. The molecule has 1 heterocycles. The molecule has 0 aliphatic rings. The van der Waals surface area contributed by atoms with Gasteiger partial charge in [0, 0.05) is 30.4 Å². The molecule has 3 rings (SSSR count). The van der Waals surface area contributed by atoms with Crippen molar-refractivity contribution < 1.29 is 9.72 Å². The van der Waals surface area contributed by atoms with Crippen molar-refractivity contribution in [2.24, 2.45) is 0 Å². The zero-order valence-corrected chi connectivity index (χ0v) is 14.4. The molecule has 7 nitrogen and oxygen atoms in total. The molecule has 2 aromatic carbocycles. The molecule has 0 saturated carbocycles. The van der Waals surface area contributed by atoms with Gasteiger partial charge in [-0.1, -0.05) is 41.9 Å². The van der Waals surface area contributed by atoms with Crippen LogP contribution >= 0.6 is 11.6 Å². The fourth-order valence-electron chi connectivity index (χ4n) is 2.43. The van der Waals surface area contributed by atoms with Crippen LogP contribution in [0.4, 0.5) is 5.69 Å². The van der Waals surface area contributed by atoms with E-state index in [0.717, 1.165) is 17.2 Å². The van der Waals surface area contributed by atoms with Crippen LogP contribution in [0.5, 0.6) is 0 Å². The molecule has 132 valence electrons. The van der Waals surface area contributed by atoms with Crippen LogP contribution in [0.15, 0.2) is 60.9 Å². The summed E-state index contributed by atoms with van der Waals surface area (Å²) in [6, 6.07) is 13.7. The highest BCUT2D eigenvalue weighted by Crippen LogP contribution is 2.22. The summed E-state index contributed by atoms with van der Waals surface area (Å²) in [6.45, 7) is 0.921. The number of carbonyl (C=O) groups is 1. The van der Waals surface area contributed by atoms with Crippen molar-refractivity contribution in [3.05, 3.63) is 92.8 Å². The molecule has 8 heteroatoms. The molecule has 26 heavy (non-hydrogen) atoms. The van der Waals surface area contributed by atoms with Crippen LogP contribution in [-0.4, -0.2) is 20.6 Å². The maximum atomic E-state index is 12.2. The summed E-state index contributed by atoms with van der Waals surface area (Å²) in [6.07, 6.45) is 3.53. The molecule has 0 bridgehead atoms. The van der Waals surface area contributed by atoms with Crippen LogP contribution in [0.25, 0.3) is 0 Å². The molecule has 0 radical (unpaired) electrons. The van der Waals surface area contributed by atoms with Gasteiger partial charge in [0.1, 0.15) is 0 Å². The Morgan fingerprint density at radius 2 is 1.96 bits per heavy atom. The first kappa shape index (κ1) is 17.6. The Hall–Kier alpha value is -3.19. The monoisotopic (exact) mass is 370 g/mol. The van der Waals surface area contributed by atoms with E-state index < -0.39 is 10.8 Å². The fraction of sp³-hybridized carbons (Fsp3) is 0.111. The number of amides is 1. The van der Waals surface area contributed by atoms with E-state index in [-0.39, 0.29) is 22.8 Å². The second-order valence-corrected chi connectivity index (χ2v) is 6.04. The summed E-state index contributed by atoms with van der Waals surface area (Å²) >= 11 is 5.96. The Morgan fingerprint density at radius 3 is 2.65 bits per heavy atom. The zero-order valence-electron chi connectivity index (χ0n) is 13.6.